The summed E-state index contributed by atoms with van der Waals surface area (Å²) in [6.07, 6.45) is 3.03. The van der Waals surface area contributed by atoms with E-state index in [2.05, 4.69) is 15.2 Å². The Hall–Kier alpha value is -1.66. The molecule has 2 heterocycles. The molecule has 1 saturated heterocycles. The van der Waals surface area contributed by atoms with Gasteiger partial charge in [0.1, 0.15) is 0 Å². The molecule has 0 spiro atoms. The van der Waals surface area contributed by atoms with Crippen molar-refractivity contribution >= 4 is 11.7 Å². The first kappa shape index (κ1) is 12.8. The molecule has 98 valence electrons. The number of aromatic nitrogens is 1. The smallest absolute Gasteiger partial charge is 0.337 e. The van der Waals surface area contributed by atoms with Crippen molar-refractivity contribution in [2.75, 3.05) is 44.7 Å². The van der Waals surface area contributed by atoms with Crippen LogP contribution in [0.1, 0.15) is 10.4 Å². The first-order chi connectivity index (χ1) is 8.77. The number of hydrogen-bond donors (Lipinski definition) is 2. The Labute approximate surface area is 106 Å². The molecule has 0 unspecified atom stereocenters. The quantitative estimate of drug-likeness (QED) is 0.795. The van der Waals surface area contributed by atoms with Gasteiger partial charge in [0.2, 0.25) is 0 Å². The van der Waals surface area contributed by atoms with Crippen molar-refractivity contribution in [3.63, 3.8) is 0 Å². The Morgan fingerprint density at radius 3 is 3.00 bits per heavy atom. The SMILES string of the molecule is O=C(O)c1ccncc1NCCN1CCOCC1. The van der Waals surface area contributed by atoms with Crippen LogP contribution in [0.15, 0.2) is 18.5 Å². The van der Waals surface area contributed by atoms with Crippen molar-refractivity contribution in [2.45, 2.75) is 0 Å². The summed E-state index contributed by atoms with van der Waals surface area (Å²) >= 11 is 0. The van der Waals surface area contributed by atoms with Gasteiger partial charge in [-0.1, -0.05) is 0 Å². The maximum absolute atomic E-state index is 11.0. The van der Waals surface area contributed by atoms with Crippen molar-refractivity contribution < 1.29 is 14.6 Å². The van der Waals surface area contributed by atoms with Gasteiger partial charge in [-0.3, -0.25) is 9.88 Å². The Morgan fingerprint density at radius 1 is 1.50 bits per heavy atom. The molecule has 2 N–H and O–H groups in total. The lowest BCUT2D eigenvalue weighted by molar-refractivity contribution is 0.0398. The number of pyridine rings is 1. The number of anilines is 1. The van der Waals surface area contributed by atoms with E-state index in [4.69, 9.17) is 9.84 Å². The average Bonchev–Trinajstić information content (AvgIpc) is 2.40. The number of rotatable bonds is 5. The van der Waals surface area contributed by atoms with Crippen LogP contribution >= 0.6 is 0 Å². The molecule has 1 aliphatic heterocycles. The van der Waals surface area contributed by atoms with E-state index in [0.717, 1.165) is 32.8 Å². The zero-order valence-corrected chi connectivity index (χ0v) is 10.1. The van der Waals surface area contributed by atoms with Gasteiger partial charge in [0.25, 0.3) is 0 Å². The number of carboxylic acids is 1. The van der Waals surface area contributed by atoms with Crippen molar-refractivity contribution in [3.8, 4) is 0 Å². The topological polar surface area (TPSA) is 74.7 Å². The number of morpholine rings is 1. The van der Waals surface area contributed by atoms with Crippen LogP contribution in [0.2, 0.25) is 0 Å². The van der Waals surface area contributed by atoms with Gasteiger partial charge in [-0.25, -0.2) is 4.79 Å². The molecule has 0 saturated carbocycles. The Kier molecular flexibility index (Phi) is 4.49. The monoisotopic (exact) mass is 251 g/mol. The molecule has 0 radical (unpaired) electrons. The van der Waals surface area contributed by atoms with Crippen molar-refractivity contribution in [1.82, 2.24) is 9.88 Å². The highest BCUT2D eigenvalue weighted by Gasteiger charge is 2.11. The predicted octanol–water partition coefficient (Wildman–Crippen LogP) is 0.524. The first-order valence-corrected chi connectivity index (χ1v) is 5.98. The van der Waals surface area contributed by atoms with Gasteiger partial charge >= 0.3 is 5.97 Å². The lowest BCUT2D eigenvalue weighted by atomic mass is 10.2. The molecule has 1 aromatic rings. The van der Waals surface area contributed by atoms with E-state index in [1.54, 1.807) is 6.20 Å². The summed E-state index contributed by atoms with van der Waals surface area (Å²) in [7, 11) is 0. The van der Waals surface area contributed by atoms with Crippen LogP contribution in [0, 0.1) is 0 Å². The third-order valence-electron chi connectivity index (χ3n) is 2.90. The van der Waals surface area contributed by atoms with E-state index in [0.29, 0.717) is 12.2 Å². The van der Waals surface area contributed by atoms with E-state index in [9.17, 15) is 4.79 Å². The third-order valence-corrected chi connectivity index (χ3v) is 2.90. The second kappa shape index (κ2) is 6.32. The van der Waals surface area contributed by atoms with E-state index in [1.807, 2.05) is 0 Å². The highest BCUT2D eigenvalue weighted by molar-refractivity contribution is 5.93. The lowest BCUT2D eigenvalue weighted by Gasteiger charge is -2.26. The summed E-state index contributed by atoms with van der Waals surface area (Å²) in [4.78, 5) is 17.2. The molecule has 0 bridgehead atoms. The molecular formula is C12H17N3O3. The van der Waals surface area contributed by atoms with E-state index in [1.165, 1.54) is 12.3 Å². The summed E-state index contributed by atoms with van der Waals surface area (Å²) in [5, 5.41) is 12.1. The van der Waals surface area contributed by atoms with Gasteiger partial charge in [-0.2, -0.15) is 0 Å². The molecular weight excluding hydrogens is 234 g/mol. The van der Waals surface area contributed by atoms with Crippen molar-refractivity contribution in [1.29, 1.82) is 0 Å². The van der Waals surface area contributed by atoms with Gasteiger partial charge in [0.15, 0.2) is 0 Å². The van der Waals surface area contributed by atoms with Gasteiger partial charge < -0.3 is 15.2 Å². The van der Waals surface area contributed by atoms with Gasteiger partial charge in [0, 0.05) is 32.4 Å². The standard InChI is InChI=1S/C12H17N3O3/c16-12(17)10-1-2-13-9-11(10)14-3-4-15-5-7-18-8-6-15/h1-2,9,14H,3-8H2,(H,16,17). The van der Waals surface area contributed by atoms with E-state index >= 15 is 0 Å². The molecule has 2 rings (SSSR count). The molecule has 1 aromatic heterocycles. The Balaban J connectivity index is 1.84. The second-order valence-corrected chi connectivity index (χ2v) is 4.11. The summed E-state index contributed by atoms with van der Waals surface area (Å²) < 4.78 is 5.27. The molecule has 0 amide bonds. The number of ether oxygens (including phenoxy) is 1. The maximum atomic E-state index is 11.0. The van der Waals surface area contributed by atoms with Crippen molar-refractivity contribution in [2.24, 2.45) is 0 Å². The zero-order valence-electron chi connectivity index (χ0n) is 10.1. The van der Waals surface area contributed by atoms with Crippen LogP contribution in [0.25, 0.3) is 0 Å². The molecule has 6 heteroatoms. The first-order valence-electron chi connectivity index (χ1n) is 5.98. The number of nitrogens with zero attached hydrogens (tertiary/aromatic N) is 2. The summed E-state index contributed by atoms with van der Waals surface area (Å²) in [5.41, 5.74) is 0.824. The normalized spacial score (nSPS) is 16.4. The molecule has 0 aliphatic carbocycles. The molecule has 6 nitrogen and oxygen atoms in total. The fourth-order valence-corrected chi connectivity index (χ4v) is 1.90. The van der Waals surface area contributed by atoms with Crippen LogP contribution < -0.4 is 5.32 Å². The zero-order chi connectivity index (χ0) is 12.8. The van der Waals surface area contributed by atoms with Gasteiger partial charge in [-0.05, 0) is 6.07 Å². The summed E-state index contributed by atoms with van der Waals surface area (Å²) in [6.45, 7) is 4.98. The fraction of sp³-hybridized carbons (Fsp3) is 0.500. The van der Waals surface area contributed by atoms with Crippen LogP contribution in [0.3, 0.4) is 0 Å². The molecule has 0 atom stereocenters. The van der Waals surface area contributed by atoms with Gasteiger partial charge in [-0.15, -0.1) is 0 Å². The highest BCUT2D eigenvalue weighted by atomic mass is 16.5. The number of aromatic carboxylic acids is 1. The summed E-state index contributed by atoms with van der Waals surface area (Å²) in [5.74, 6) is -0.939. The maximum Gasteiger partial charge on any atom is 0.337 e. The molecule has 0 aromatic carbocycles. The van der Waals surface area contributed by atoms with Crippen LogP contribution in [-0.2, 0) is 4.74 Å². The Morgan fingerprint density at radius 2 is 2.28 bits per heavy atom. The third kappa shape index (κ3) is 3.41. The minimum atomic E-state index is -0.939. The van der Waals surface area contributed by atoms with Crippen molar-refractivity contribution in [3.05, 3.63) is 24.0 Å². The second-order valence-electron chi connectivity index (χ2n) is 4.11. The molecule has 18 heavy (non-hydrogen) atoms. The highest BCUT2D eigenvalue weighted by Crippen LogP contribution is 2.12. The largest absolute Gasteiger partial charge is 0.478 e. The number of hydrogen-bond acceptors (Lipinski definition) is 5. The average molecular weight is 251 g/mol. The number of carbonyl (C=O) groups is 1. The van der Waals surface area contributed by atoms with E-state index in [-0.39, 0.29) is 5.56 Å². The number of nitrogens with one attached hydrogen (secondary N) is 1. The van der Waals surface area contributed by atoms with Crippen LogP contribution in [0.4, 0.5) is 5.69 Å². The predicted molar refractivity (Wildman–Crippen MR) is 66.9 cm³/mol. The van der Waals surface area contributed by atoms with E-state index < -0.39 is 5.97 Å². The minimum absolute atomic E-state index is 0.256. The van der Waals surface area contributed by atoms with Crippen LogP contribution in [0.5, 0.6) is 0 Å². The summed E-state index contributed by atoms with van der Waals surface area (Å²) in [6, 6.07) is 1.50. The lowest BCUT2D eigenvalue weighted by Crippen LogP contribution is -2.39. The molecule has 1 fully saturated rings. The number of carboxylic acid groups (broad SMARTS) is 1. The fourth-order valence-electron chi connectivity index (χ4n) is 1.90. The van der Waals surface area contributed by atoms with Crippen LogP contribution in [-0.4, -0.2) is 60.4 Å². The van der Waals surface area contributed by atoms with Gasteiger partial charge in [0.05, 0.1) is 30.7 Å². The Bertz CT molecular complexity index is 405. The molecule has 1 aliphatic rings. The minimum Gasteiger partial charge on any atom is -0.478 e.